The van der Waals surface area contributed by atoms with Gasteiger partial charge in [-0.05, 0) is 129 Å². The molecule has 2 saturated carbocycles. The van der Waals surface area contributed by atoms with E-state index in [9.17, 15) is 13.5 Å². The predicted molar refractivity (Wildman–Crippen MR) is 170 cm³/mol. The maximum absolute atomic E-state index is 13.4. The first-order valence-electron chi connectivity index (χ1n) is 13.9. The largest absolute Gasteiger partial charge is 2.00 e. The summed E-state index contributed by atoms with van der Waals surface area (Å²) < 4.78 is 45.3. The fourth-order valence-electron chi connectivity index (χ4n) is 5.41. The number of halogens is 1. The minimum Gasteiger partial charge on any atom is -0.508 e. The Kier molecular flexibility index (Phi) is 11.2. The van der Waals surface area contributed by atoms with Gasteiger partial charge in [-0.3, -0.25) is 0 Å². The Bertz CT molecular complexity index is 1510. The van der Waals surface area contributed by atoms with Crippen LogP contribution in [-0.2, 0) is 31.9 Å². The van der Waals surface area contributed by atoms with Crippen LogP contribution in [0.1, 0.15) is 17.5 Å². The first-order valence-corrected chi connectivity index (χ1v) is 16.1. The van der Waals surface area contributed by atoms with Gasteiger partial charge < -0.3 is 18.8 Å². The molecule has 3 aromatic rings. The van der Waals surface area contributed by atoms with E-state index >= 15 is 0 Å². The molecule has 0 spiro atoms. The van der Waals surface area contributed by atoms with E-state index in [-0.39, 0.29) is 35.0 Å². The molecule has 2 aliphatic heterocycles. The van der Waals surface area contributed by atoms with Gasteiger partial charge in [0.15, 0.2) is 0 Å². The molecule has 10 radical (unpaired) electrons. The molecule has 6 nitrogen and oxygen atoms in total. The second kappa shape index (κ2) is 14.9. The van der Waals surface area contributed by atoms with Crippen molar-refractivity contribution in [1.82, 2.24) is 0 Å². The van der Waals surface area contributed by atoms with E-state index in [0.717, 1.165) is 32.7 Å². The van der Waals surface area contributed by atoms with Gasteiger partial charge in [-0.25, -0.2) is 0 Å². The molecule has 7 rings (SSSR count). The molecule has 44 heavy (non-hydrogen) atoms. The number of rotatable bonds is 8. The van der Waals surface area contributed by atoms with Crippen LogP contribution >= 0.6 is 15.9 Å². The molecule has 3 aromatic carbocycles. The third kappa shape index (κ3) is 7.73. The summed E-state index contributed by atoms with van der Waals surface area (Å²) in [6.45, 7) is 0.468. The minimum absolute atomic E-state index is 0. The number of ether oxygens (including phenoxy) is 2. The van der Waals surface area contributed by atoms with Crippen molar-refractivity contribution in [2.24, 2.45) is 0 Å². The Morgan fingerprint density at radius 1 is 0.750 bits per heavy atom. The van der Waals surface area contributed by atoms with E-state index < -0.39 is 27.6 Å². The van der Waals surface area contributed by atoms with Gasteiger partial charge in [-0.1, -0.05) is 40.2 Å². The Labute approximate surface area is 279 Å². The first-order chi connectivity index (χ1) is 20.9. The van der Waals surface area contributed by atoms with Crippen molar-refractivity contribution >= 4 is 37.2 Å². The smallest absolute Gasteiger partial charge is 0.508 e. The van der Waals surface area contributed by atoms with Crippen molar-refractivity contribution in [2.75, 3.05) is 6.61 Å². The van der Waals surface area contributed by atoms with E-state index in [4.69, 9.17) is 13.7 Å². The molecule has 2 bridgehead atoms. The Morgan fingerprint density at radius 3 is 1.91 bits per heavy atom. The number of hydrogen-bond donors (Lipinski definition) is 1. The maximum Gasteiger partial charge on any atom is 2.00 e. The van der Waals surface area contributed by atoms with Crippen molar-refractivity contribution in [2.45, 2.75) is 23.9 Å². The van der Waals surface area contributed by atoms with E-state index in [1.165, 1.54) is 0 Å². The molecule has 1 N–H and O–H groups in total. The molecule has 0 amide bonds. The van der Waals surface area contributed by atoms with Gasteiger partial charge in [-0.2, -0.15) is 8.42 Å². The quantitative estimate of drug-likeness (QED) is 0.204. The fraction of sp³-hybridized carbons (Fsp3) is 0.143. The summed E-state index contributed by atoms with van der Waals surface area (Å²) in [4.78, 5) is 0. The predicted octanol–water partition coefficient (Wildman–Crippen LogP) is 6.82. The molecule has 3 fully saturated rings. The van der Waals surface area contributed by atoms with Crippen LogP contribution in [0, 0.1) is 63.7 Å². The SMILES string of the molecule is O=S(=O)(Oc1ccc(Br)cc1)[C@H]1C[C@H]2O[C@@H]1C(c1ccc(OC[C]3[CH][CH][CH][CH]3)cc1)=C2c1ccc(O)cc1.[CH]1[CH][CH][CH][CH]1.[Fe+2]. The van der Waals surface area contributed by atoms with E-state index in [0.29, 0.717) is 12.4 Å². The van der Waals surface area contributed by atoms with Gasteiger partial charge >= 0.3 is 27.2 Å². The molecule has 224 valence electrons. The van der Waals surface area contributed by atoms with Crippen LogP contribution in [0.15, 0.2) is 77.3 Å². The number of aromatic hydroxyl groups is 1. The van der Waals surface area contributed by atoms with Crippen LogP contribution in [0.2, 0.25) is 0 Å². The average Bonchev–Trinajstić information content (AvgIpc) is 3.84. The second-order valence-electron chi connectivity index (χ2n) is 10.3. The summed E-state index contributed by atoms with van der Waals surface area (Å²) in [5.41, 5.74) is 3.47. The van der Waals surface area contributed by atoms with E-state index in [2.05, 4.69) is 15.9 Å². The Balaban J connectivity index is 0.000000584. The van der Waals surface area contributed by atoms with E-state index in [1.54, 1.807) is 36.4 Å². The van der Waals surface area contributed by atoms with Gasteiger partial charge in [0.2, 0.25) is 0 Å². The zero-order chi connectivity index (χ0) is 29.8. The summed E-state index contributed by atoms with van der Waals surface area (Å²) in [5.74, 6) is 2.22. The number of phenols is 1. The topological polar surface area (TPSA) is 82.1 Å². The third-order valence-electron chi connectivity index (χ3n) is 7.42. The summed E-state index contributed by atoms with van der Waals surface area (Å²) >= 11 is 3.35. The molecule has 2 heterocycles. The van der Waals surface area contributed by atoms with Gasteiger partial charge in [0.25, 0.3) is 0 Å². The van der Waals surface area contributed by atoms with E-state index in [1.807, 2.05) is 94.2 Å². The van der Waals surface area contributed by atoms with Crippen LogP contribution in [-0.4, -0.2) is 37.6 Å². The summed E-state index contributed by atoms with van der Waals surface area (Å²) in [5, 5.41) is 8.95. The Hall–Kier alpha value is -2.29. The van der Waals surface area contributed by atoms with Crippen molar-refractivity contribution in [3.63, 3.8) is 0 Å². The average molecular weight is 713 g/mol. The van der Waals surface area contributed by atoms with Gasteiger partial charge in [0.1, 0.15) is 28.6 Å². The molecule has 9 heteroatoms. The first kappa shape index (κ1) is 33.1. The standard InChI is InChI=1S/C30H24BrO6S.C5H5.Fe/c31-22-9-15-25(16-10-22)37-38(33,34)27-17-26-28(20-5-11-23(32)12-6-20)29(30(27)36-26)21-7-13-24(14-8-21)35-18-19-3-1-2-4-19;1-2-4-5-3-1;/h1-16,26-27,30,32H,17-18H2;1-5H;/q;;+2/t26-,27+,30+;;/m1../s1. The van der Waals surface area contributed by atoms with Crippen LogP contribution in [0.4, 0.5) is 0 Å². The molecule has 3 atom stereocenters. The van der Waals surface area contributed by atoms with Crippen LogP contribution in [0.5, 0.6) is 17.2 Å². The van der Waals surface area contributed by atoms with Gasteiger partial charge in [-0.15, -0.1) is 0 Å². The molecule has 0 unspecified atom stereocenters. The zero-order valence-electron chi connectivity index (χ0n) is 23.4. The molecule has 2 aliphatic carbocycles. The van der Waals surface area contributed by atoms with Crippen molar-refractivity contribution in [3.05, 3.63) is 152 Å². The number of phenolic OH excluding ortho intramolecular Hbond substituents is 1. The van der Waals surface area contributed by atoms with Crippen LogP contribution < -0.4 is 8.92 Å². The third-order valence-corrected chi connectivity index (χ3v) is 9.56. The second-order valence-corrected chi connectivity index (χ2v) is 13.0. The van der Waals surface area contributed by atoms with Crippen LogP contribution in [0.25, 0.3) is 11.1 Å². The number of hydrogen-bond acceptors (Lipinski definition) is 6. The number of benzene rings is 3. The van der Waals surface area contributed by atoms with Crippen LogP contribution in [0.3, 0.4) is 0 Å². The molecule has 0 aromatic heterocycles. The van der Waals surface area contributed by atoms with Crippen molar-refractivity contribution in [3.8, 4) is 17.2 Å². The molecule has 1 saturated heterocycles. The number of fused-ring (bicyclic) bond motifs is 2. The van der Waals surface area contributed by atoms with Gasteiger partial charge in [0.05, 0.1) is 12.7 Å². The molecule has 4 aliphatic rings. The summed E-state index contributed by atoms with van der Waals surface area (Å²) in [7, 11) is -3.99. The van der Waals surface area contributed by atoms with Crippen molar-refractivity contribution in [1.29, 1.82) is 0 Å². The normalized spacial score (nSPS) is 22.8. The monoisotopic (exact) mass is 712 g/mol. The zero-order valence-corrected chi connectivity index (χ0v) is 26.9. The Morgan fingerprint density at radius 2 is 1.30 bits per heavy atom. The molecular weight excluding hydrogens is 684 g/mol. The molecular formula is C35H29BrFeO6S+2. The fourth-order valence-corrected chi connectivity index (χ4v) is 7.09. The summed E-state index contributed by atoms with van der Waals surface area (Å²) in [6.07, 6.45) is 17.1. The van der Waals surface area contributed by atoms with Gasteiger partial charge in [0, 0.05) is 16.8 Å². The maximum atomic E-state index is 13.4. The summed E-state index contributed by atoms with van der Waals surface area (Å²) in [6, 6.07) is 21.2. The van der Waals surface area contributed by atoms with Crippen molar-refractivity contribution < 1.29 is 44.2 Å². The minimum atomic E-state index is -3.99.